The van der Waals surface area contributed by atoms with Crippen molar-refractivity contribution in [3.8, 4) is 0 Å². The first-order valence-electron chi connectivity index (χ1n) is 2.20. The summed E-state index contributed by atoms with van der Waals surface area (Å²) in [6.07, 6.45) is 2.11. The van der Waals surface area contributed by atoms with Crippen LogP contribution in [0, 0.1) is 7.11 Å². The van der Waals surface area contributed by atoms with Crippen molar-refractivity contribution in [1.82, 2.24) is 0 Å². The Labute approximate surface area is 96.1 Å². The van der Waals surface area contributed by atoms with Crippen molar-refractivity contribution >= 4 is 59.1 Å². The Hall–Kier alpha value is 1.96. The Kier molecular flexibility index (Phi) is 33.0. The van der Waals surface area contributed by atoms with Crippen LogP contribution in [0.4, 0.5) is 0 Å². The van der Waals surface area contributed by atoms with Crippen LogP contribution < -0.4 is 0 Å². The van der Waals surface area contributed by atoms with Crippen molar-refractivity contribution in [2.75, 3.05) is 6.61 Å². The Balaban J connectivity index is -0.000000125. The molecule has 3 radical (unpaired) electrons. The van der Waals surface area contributed by atoms with Gasteiger partial charge in [0.25, 0.3) is 0 Å². The molecule has 0 saturated heterocycles. The molecule has 0 aliphatic carbocycles. The van der Waals surface area contributed by atoms with E-state index >= 15 is 0 Å². The van der Waals surface area contributed by atoms with Crippen molar-refractivity contribution in [3.63, 3.8) is 0 Å². The Morgan fingerprint density at radius 1 is 1.38 bits per heavy atom. The van der Waals surface area contributed by atoms with E-state index in [1.165, 1.54) is 0 Å². The van der Waals surface area contributed by atoms with E-state index < -0.39 is 0 Å². The first kappa shape index (κ1) is 16.5. The second kappa shape index (κ2) is 16.0. The van der Waals surface area contributed by atoms with Gasteiger partial charge < -0.3 is 4.74 Å². The van der Waals surface area contributed by atoms with Crippen molar-refractivity contribution in [2.24, 2.45) is 0 Å². The molecule has 0 aliphatic rings. The van der Waals surface area contributed by atoms with E-state index in [9.17, 15) is 0 Å². The Morgan fingerprint density at radius 2 is 1.88 bits per heavy atom. The van der Waals surface area contributed by atoms with Crippen LogP contribution in [-0.2, 0) is 4.74 Å². The molecule has 0 amide bonds. The van der Waals surface area contributed by atoms with Gasteiger partial charge >= 0.3 is 59.1 Å². The third kappa shape index (κ3) is 15.7. The summed E-state index contributed by atoms with van der Waals surface area (Å²) in [7, 11) is 6.21. The molecular weight excluding hydrogens is 122 g/mol. The molecule has 39 valence electrons. The molecule has 0 heterocycles. The molecule has 0 N–H and O–H groups in total. The van der Waals surface area contributed by atoms with E-state index in [4.69, 9.17) is 7.11 Å². The van der Waals surface area contributed by atoms with Gasteiger partial charge in [-0.1, -0.05) is 13.3 Å². The van der Waals surface area contributed by atoms with E-state index in [-0.39, 0.29) is 59.1 Å². The molecule has 0 rings (SSSR count). The molecule has 3 heteroatoms. The zero-order valence-electron chi connectivity index (χ0n) is 4.03. The van der Waals surface area contributed by atoms with Crippen molar-refractivity contribution in [1.29, 1.82) is 0 Å². The summed E-state index contributed by atoms with van der Waals surface area (Å²) in [5, 5.41) is 0. The molecular formula is C5H11Na2O. The molecule has 8 heavy (non-hydrogen) atoms. The second-order valence-electron chi connectivity index (χ2n) is 1.20. The Morgan fingerprint density at radius 3 is 2.00 bits per heavy atom. The summed E-state index contributed by atoms with van der Waals surface area (Å²) >= 11 is 0. The van der Waals surface area contributed by atoms with Gasteiger partial charge in [-0.25, -0.2) is 0 Å². The predicted molar refractivity (Wildman–Crippen MR) is 38.4 cm³/mol. The number of unbranched alkanes of at least 4 members (excludes halogenated alkanes) is 1. The van der Waals surface area contributed by atoms with Gasteiger partial charge in [-0.05, 0) is 6.42 Å². The average Bonchev–Trinajstić information content (AvgIpc) is 1.61. The van der Waals surface area contributed by atoms with Gasteiger partial charge in [0.05, 0.1) is 0 Å². The summed E-state index contributed by atoms with van der Waals surface area (Å²) in [5.74, 6) is 0. The van der Waals surface area contributed by atoms with Crippen molar-refractivity contribution in [3.05, 3.63) is 7.11 Å². The molecule has 0 aromatic heterocycles. The number of hydrogen-bond acceptors (Lipinski definition) is 1. The molecule has 1 nitrogen and oxygen atoms in total. The molecule has 0 unspecified atom stereocenters. The quantitative estimate of drug-likeness (QED) is 0.390. The molecule has 0 aromatic rings. The van der Waals surface area contributed by atoms with Gasteiger partial charge in [-0.2, -0.15) is 0 Å². The van der Waals surface area contributed by atoms with E-state index in [0.29, 0.717) is 6.61 Å². The van der Waals surface area contributed by atoms with Crippen LogP contribution >= 0.6 is 0 Å². The number of ether oxygens (including phenoxy) is 1. The minimum atomic E-state index is 0. The SMILES string of the molecule is [C]OCCCC.[NaH].[NaH]. The van der Waals surface area contributed by atoms with Crippen LogP contribution in [0.2, 0.25) is 0 Å². The topological polar surface area (TPSA) is 9.23 Å². The zero-order valence-corrected chi connectivity index (χ0v) is 4.03. The summed E-state index contributed by atoms with van der Waals surface area (Å²) in [4.78, 5) is 0. The maximum absolute atomic E-state index is 6.21. The van der Waals surface area contributed by atoms with Crippen LogP contribution in [0.3, 0.4) is 0 Å². The van der Waals surface area contributed by atoms with Gasteiger partial charge in [0.1, 0.15) is 0 Å². The standard InChI is InChI=1S/C5H9O.2Na.2H/c1-3-4-5-6-2;;;;/h3-5H2,1H3;;;;. The zero-order chi connectivity index (χ0) is 4.83. The van der Waals surface area contributed by atoms with Gasteiger partial charge in [0.2, 0.25) is 0 Å². The van der Waals surface area contributed by atoms with Crippen molar-refractivity contribution < 1.29 is 4.74 Å². The first-order chi connectivity index (χ1) is 2.91. The van der Waals surface area contributed by atoms with E-state index in [1.54, 1.807) is 0 Å². The minimum absolute atomic E-state index is 0. The molecule has 0 saturated carbocycles. The van der Waals surface area contributed by atoms with E-state index in [2.05, 4.69) is 11.7 Å². The monoisotopic (exact) mass is 133 g/mol. The normalized spacial score (nSPS) is 6.75. The Bertz CT molecular complexity index is 22.4. The van der Waals surface area contributed by atoms with Gasteiger partial charge in [-0.3, -0.25) is 0 Å². The molecule has 0 atom stereocenters. The summed E-state index contributed by atoms with van der Waals surface area (Å²) in [6.45, 7) is 2.65. The fourth-order valence-corrected chi connectivity index (χ4v) is 0.217. The molecule has 0 fully saturated rings. The van der Waals surface area contributed by atoms with Gasteiger partial charge in [0, 0.05) is 6.61 Å². The predicted octanol–water partition coefficient (Wildman–Crippen LogP) is 0.0517. The van der Waals surface area contributed by atoms with Crippen LogP contribution in [0.15, 0.2) is 0 Å². The number of hydrogen-bond donors (Lipinski definition) is 0. The third-order valence-electron chi connectivity index (χ3n) is 0.600. The van der Waals surface area contributed by atoms with Crippen LogP contribution in [-0.4, -0.2) is 65.7 Å². The fourth-order valence-electron chi connectivity index (χ4n) is 0.217. The van der Waals surface area contributed by atoms with Crippen LogP contribution in [0.1, 0.15) is 19.8 Å². The number of rotatable bonds is 3. The third-order valence-corrected chi connectivity index (χ3v) is 0.600. The molecule has 0 aromatic carbocycles. The maximum atomic E-state index is 6.21. The van der Waals surface area contributed by atoms with Crippen molar-refractivity contribution in [2.45, 2.75) is 19.8 Å². The van der Waals surface area contributed by atoms with Crippen LogP contribution in [0.25, 0.3) is 0 Å². The van der Waals surface area contributed by atoms with E-state index in [0.717, 1.165) is 12.8 Å². The van der Waals surface area contributed by atoms with Gasteiger partial charge in [-0.15, -0.1) is 0 Å². The van der Waals surface area contributed by atoms with Crippen LogP contribution in [0.5, 0.6) is 0 Å². The first-order valence-corrected chi connectivity index (χ1v) is 2.20. The molecule has 0 bridgehead atoms. The summed E-state index contributed by atoms with van der Waals surface area (Å²) in [5.41, 5.74) is 0. The van der Waals surface area contributed by atoms with Gasteiger partial charge in [0.15, 0.2) is 7.11 Å². The molecule has 0 aliphatic heterocycles. The average molecular weight is 133 g/mol. The summed E-state index contributed by atoms with van der Waals surface area (Å²) in [6, 6.07) is 0. The summed E-state index contributed by atoms with van der Waals surface area (Å²) < 4.78 is 4.03. The second-order valence-corrected chi connectivity index (χ2v) is 1.20. The fraction of sp³-hybridized carbons (Fsp3) is 0.800. The van der Waals surface area contributed by atoms with E-state index in [1.807, 2.05) is 0 Å². The molecule has 0 spiro atoms.